The predicted molar refractivity (Wildman–Crippen MR) is 81.5 cm³/mol. The van der Waals surface area contributed by atoms with E-state index in [1.54, 1.807) is 0 Å². The minimum absolute atomic E-state index is 0.158. The number of hydrogen-bond acceptors (Lipinski definition) is 2. The quantitative estimate of drug-likeness (QED) is 0.835. The average molecular weight is 325 g/mol. The summed E-state index contributed by atoms with van der Waals surface area (Å²) in [4.78, 5) is 17.0. The average Bonchev–Trinajstić information content (AvgIpc) is 2.41. The Morgan fingerprint density at radius 3 is 2.84 bits per heavy atom. The van der Waals surface area contributed by atoms with Crippen LogP contribution in [0.2, 0.25) is 0 Å². The minimum Gasteiger partial charge on any atom is -0.336 e. The Bertz CT molecular complexity index is 475. The van der Waals surface area contributed by atoms with Crippen LogP contribution < -0.4 is 0 Å². The van der Waals surface area contributed by atoms with Crippen molar-refractivity contribution in [2.24, 2.45) is 0 Å². The second-order valence-corrected chi connectivity index (χ2v) is 6.17. The monoisotopic (exact) mass is 324 g/mol. The molecule has 1 heterocycles. The van der Waals surface area contributed by atoms with E-state index in [2.05, 4.69) is 34.8 Å². The number of halogens is 1. The van der Waals surface area contributed by atoms with E-state index in [4.69, 9.17) is 0 Å². The van der Waals surface area contributed by atoms with Gasteiger partial charge in [0.2, 0.25) is 0 Å². The molecule has 1 aliphatic heterocycles. The van der Waals surface area contributed by atoms with E-state index < -0.39 is 0 Å². The molecule has 1 amide bonds. The van der Waals surface area contributed by atoms with Crippen molar-refractivity contribution in [2.75, 3.05) is 26.7 Å². The van der Waals surface area contributed by atoms with Gasteiger partial charge in [0, 0.05) is 35.7 Å². The first kappa shape index (κ1) is 14.5. The van der Waals surface area contributed by atoms with Gasteiger partial charge in [0.05, 0.1) is 0 Å². The van der Waals surface area contributed by atoms with Gasteiger partial charge in [-0.2, -0.15) is 0 Å². The fourth-order valence-electron chi connectivity index (χ4n) is 2.57. The number of likely N-dealkylation sites (N-methyl/N-ethyl adjacent to an activating group) is 1. The molecule has 104 valence electrons. The predicted octanol–water partition coefficient (Wildman–Crippen LogP) is 2.92. The summed E-state index contributed by atoms with van der Waals surface area (Å²) in [5.74, 6) is 0.158. The number of carbonyl (C=O) groups is 1. The largest absolute Gasteiger partial charge is 0.336 e. The van der Waals surface area contributed by atoms with E-state index in [9.17, 15) is 4.79 Å². The first-order valence-corrected chi connectivity index (χ1v) is 7.58. The Hall–Kier alpha value is -0.870. The number of aryl methyl sites for hydroxylation is 1. The lowest BCUT2D eigenvalue weighted by molar-refractivity contribution is 0.0541. The van der Waals surface area contributed by atoms with E-state index >= 15 is 0 Å². The summed E-state index contributed by atoms with van der Waals surface area (Å²) in [7, 11) is 2.14. The Morgan fingerprint density at radius 1 is 1.42 bits per heavy atom. The fraction of sp³-hybridized carbons (Fsp3) is 0.533. The zero-order valence-corrected chi connectivity index (χ0v) is 13.4. The van der Waals surface area contributed by atoms with Crippen LogP contribution >= 0.6 is 15.9 Å². The normalized spacial score (nSPS) is 20.6. The van der Waals surface area contributed by atoms with E-state index in [0.717, 1.165) is 41.7 Å². The zero-order valence-electron chi connectivity index (χ0n) is 11.8. The molecule has 1 saturated heterocycles. The second kappa shape index (κ2) is 6.06. The Labute approximate surface area is 123 Å². The number of hydrogen-bond donors (Lipinski definition) is 0. The molecule has 19 heavy (non-hydrogen) atoms. The first-order chi connectivity index (χ1) is 9.02. The Morgan fingerprint density at radius 2 is 2.16 bits per heavy atom. The smallest absolute Gasteiger partial charge is 0.254 e. The van der Waals surface area contributed by atoms with Crippen molar-refractivity contribution < 1.29 is 4.79 Å². The van der Waals surface area contributed by atoms with Crippen molar-refractivity contribution in [2.45, 2.75) is 26.3 Å². The molecule has 1 aromatic carbocycles. The van der Waals surface area contributed by atoms with E-state index in [1.165, 1.54) is 0 Å². The van der Waals surface area contributed by atoms with Crippen molar-refractivity contribution in [3.05, 3.63) is 33.8 Å². The van der Waals surface area contributed by atoms with Crippen LogP contribution in [0.5, 0.6) is 0 Å². The zero-order chi connectivity index (χ0) is 14.0. The number of piperazine rings is 1. The topological polar surface area (TPSA) is 23.6 Å². The molecule has 0 bridgehead atoms. The second-order valence-electron chi connectivity index (χ2n) is 5.25. The third kappa shape index (κ3) is 3.18. The highest BCUT2D eigenvalue weighted by Crippen LogP contribution is 2.20. The number of nitrogens with zero attached hydrogens (tertiary/aromatic N) is 2. The van der Waals surface area contributed by atoms with Gasteiger partial charge in [-0.25, -0.2) is 0 Å². The molecule has 1 aliphatic rings. The molecule has 0 spiro atoms. The summed E-state index contributed by atoms with van der Waals surface area (Å²) < 4.78 is 0.961. The molecule has 4 heteroatoms. The molecule has 1 atom stereocenters. The highest BCUT2D eigenvalue weighted by Gasteiger charge is 2.27. The van der Waals surface area contributed by atoms with Crippen molar-refractivity contribution in [3.8, 4) is 0 Å². The molecule has 3 nitrogen and oxygen atoms in total. The van der Waals surface area contributed by atoms with Gasteiger partial charge >= 0.3 is 0 Å². The maximum Gasteiger partial charge on any atom is 0.254 e. The summed E-state index contributed by atoms with van der Waals surface area (Å²) in [6.45, 7) is 6.78. The first-order valence-electron chi connectivity index (χ1n) is 6.78. The van der Waals surface area contributed by atoms with E-state index in [1.807, 2.05) is 30.0 Å². The van der Waals surface area contributed by atoms with Crippen LogP contribution in [0.3, 0.4) is 0 Å². The van der Waals surface area contributed by atoms with Gasteiger partial charge in [0.1, 0.15) is 0 Å². The van der Waals surface area contributed by atoms with Crippen LogP contribution in [0.4, 0.5) is 0 Å². The van der Waals surface area contributed by atoms with Gasteiger partial charge in [-0.05, 0) is 38.1 Å². The van der Waals surface area contributed by atoms with Crippen molar-refractivity contribution >= 4 is 21.8 Å². The van der Waals surface area contributed by atoms with Crippen LogP contribution in [0.15, 0.2) is 22.7 Å². The molecule has 0 saturated carbocycles. The third-order valence-corrected chi connectivity index (χ3v) is 4.46. The number of carbonyl (C=O) groups excluding carboxylic acids is 1. The lowest BCUT2D eigenvalue weighted by atomic mass is 10.1. The maximum absolute atomic E-state index is 12.6. The van der Waals surface area contributed by atoms with Crippen LogP contribution in [-0.2, 0) is 0 Å². The van der Waals surface area contributed by atoms with Crippen LogP contribution in [0.25, 0.3) is 0 Å². The van der Waals surface area contributed by atoms with E-state index in [-0.39, 0.29) is 5.91 Å². The fourth-order valence-corrected chi connectivity index (χ4v) is 2.93. The Balaban J connectivity index is 2.18. The molecule has 1 aromatic rings. The number of amides is 1. The van der Waals surface area contributed by atoms with Crippen LogP contribution in [0, 0.1) is 6.92 Å². The molecular weight excluding hydrogens is 304 g/mol. The lowest BCUT2D eigenvalue weighted by Gasteiger charge is -2.39. The number of benzene rings is 1. The third-order valence-electron chi connectivity index (χ3n) is 3.97. The summed E-state index contributed by atoms with van der Waals surface area (Å²) in [6, 6.07) is 6.37. The molecule has 1 unspecified atom stereocenters. The van der Waals surface area contributed by atoms with Gasteiger partial charge in [-0.3, -0.25) is 9.69 Å². The van der Waals surface area contributed by atoms with Crippen LogP contribution in [0.1, 0.15) is 29.3 Å². The molecule has 0 aromatic heterocycles. The van der Waals surface area contributed by atoms with Gasteiger partial charge in [-0.1, -0.05) is 28.9 Å². The van der Waals surface area contributed by atoms with Crippen molar-refractivity contribution in [1.82, 2.24) is 9.80 Å². The Kier molecular flexibility index (Phi) is 4.63. The molecule has 0 N–H and O–H groups in total. The summed E-state index contributed by atoms with van der Waals surface area (Å²) in [6.07, 6.45) is 1.08. The standard InChI is InChI=1S/C15H21BrN2O/c1-4-13-10-18(8-7-17(13)3)15(19)14-9-12(16)6-5-11(14)2/h5-6,9,13H,4,7-8,10H2,1-3H3. The maximum atomic E-state index is 12.6. The molecule has 2 rings (SSSR count). The van der Waals surface area contributed by atoms with Gasteiger partial charge < -0.3 is 4.90 Å². The summed E-state index contributed by atoms with van der Waals surface area (Å²) in [5, 5.41) is 0. The summed E-state index contributed by atoms with van der Waals surface area (Å²) >= 11 is 3.44. The van der Waals surface area contributed by atoms with Gasteiger partial charge in [0.15, 0.2) is 0 Å². The summed E-state index contributed by atoms with van der Waals surface area (Å²) in [5.41, 5.74) is 1.86. The van der Waals surface area contributed by atoms with Crippen LogP contribution in [-0.4, -0.2) is 48.4 Å². The lowest BCUT2D eigenvalue weighted by Crippen LogP contribution is -2.53. The van der Waals surface area contributed by atoms with Gasteiger partial charge in [-0.15, -0.1) is 0 Å². The molecule has 0 radical (unpaired) electrons. The molecule has 1 fully saturated rings. The minimum atomic E-state index is 0.158. The van der Waals surface area contributed by atoms with Gasteiger partial charge in [0.25, 0.3) is 5.91 Å². The highest BCUT2D eigenvalue weighted by molar-refractivity contribution is 9.10. The SMILES string of the molecule is CCC1CN(C(=O)c2cc(Br)ccc2C)CCN1C. The van der Waals surface area contributed by atoms with Crippen molar-refractivity contribution in [3.63, 3.8) is 0 Å². The van der Waals surface area contributed by atoms with Crippen molar-refractivity contribution in [1.29, 1.82) is 0 Å². The number of rotatable bonds is 2. The highest BCUT2D eigenvalue weighted by atomic mass is 79.9. The molecule has 0 aliphatic carbocycles. The molecular formula is C15H21BrN2O. The van der Waals surface area contributed by atoms with E-state index in [0.29, 0.717) is 6.04 Å².